The smallest absolute Gasteiger partial charge is 0.261 e. The van der Waals surface area contributed by atoms with Gasteiger partial charge in [-0.2, -0.15) is 4.98 Å². The van der Waals surface area contributed by atoms with E-state index in [1.165, 1.54) is 6.42 Å². The summed E-state index contributed by atoms with van der Waals surface area (Å²) in [6.45, 7) is 7.21. The van der Waals surface area contributed by atoms with Crippen molar-refractivity contribution in [3.05, 3.63) is 65.4 Å². The van der Waals surface area contributed by atoms with E-state index in [0.29, 0.717) is 23.4 Å². The Balaban J connectivity index is 1.38. The summed E-state index contributed by atoms with van der Waals surface area (Å²) in [6.07, 6.45) is 4.94. The van der Waals surface area contributed by atoms with Crippen LogP contribution in [0.25, 0.3) is 0 Å². The van der Waals surface area contributed by atoms with E-state index in [4.69, 9.17) is 9.72 Å². The number of nitrogens with one attached hydrogen (secondary N) is 3. The van der Waals surface area contributed by atoms with Crippen LogP contribution in [0.1, 0.15) is 40.7 Å². The molecule has 3 N–H and O–H groups in total. The lowest BCUT2D eigenvalue weighted by molar-refractivity contribution is 0.102. The highest BCUT2D eigenvalue weighted by molar-refractivity contribution is 6.08. The minimum absolute atomic E-state index is 0.218. The second-order valence-corrected chi connectivity index (χ2v) is 9.22. The van der Waals surface area contributed by atoms with Gasteiger partial charge in [-0.05, 0) is 62.4 Å². The molecule has 5 rings (SSSR count). The van der Waals surface area contributed by atoms with E-state index in [-0.39, 0.29) is 5.91 Å². The van der Waals surface area contributed by atoms with E-state index >= 15 is 0 Å². The highest BCUT2D eigenvalue weighted by Crippen LogP contribution is 2.28. The van der Waals surface area contributed by atoms with E-state index in [1.54, 1.807) is 6.20 Å². The van der Waals surface area contributed by atoms with Gasteiger partial charge >= 0.3 is 0 Å². The largest absolute Gasteiger partial charge is 0.378 e. The van der Waals surface area contributed by atoms with Crippen LogP contribution in [-0.2, 0) is 4.74 Å². The molecule has 2 heterocycles. The molecule has 8 nitrogen and oxygen atoms in total. The highest BCUT2D eigenvalue weighted by Gasteiger charge is 2.23. The lowest BCUT2D eigenvalue weighted by atomic mass is 9.93. The average Bonchev–Trinajstić information content (AvgIpc) is 2.84. The van der Waals surface area contributed by atoms with Gasteiger partial charge in [0.15, 0.2) is 0 Å². The number of aromatic nitrogens is 2. The Morgan fingerprint density at radius 2 is 1.80 bits per heavy atom. The average molecular weight is 473 g/mol. The molecule has 2 fully saturated rings. The van der Waals surface area contributed by atoms with Crippen LogP contribution < -0.4 is 20.9 Å². The molecular formula is C27H32N6O2. The van der Waals surface area contributed by atoms with Gasteiger partial charge in [0.2, 0.25) is 5.95 Å². The van der Waals surface area contributed by atoms with Gasteiger partial charge in [0.1, 0.15) is 11.4 Å². The maximum Gasteiger partial charge on any atom is 0.261 e. The molecular weight excluding hydrogens is 440 g/mol. The third kappa shape index (κ3) is 5.38. The summed E-state index contributed by atoms with van der Waals surface area (Å²) >= 11 is 0. The third-order valence-corrected chi connectivity index (χ3v) is 6.68. The van der Waals surface area contributed by atoms with Crippen molar-refractivity contribution in [3.8, 4) is 0 Å². The van der Waals surface area contributed by atoms with Gasteiger partial charge in [-0.25, -0.2) is 4.98 Å². The van der Waals surface area contributed by atoms with Crippen molar-refractivity contribution in [2.75, 3.05) is 47.2 Å². The number of nitrogens with zero attached hydrogens (tertiary/aromatic N) is 3. The number of aryl methyl sites for hydroxylation is 2. The van der Waals surface area contributed by atoms with E-state index in [9.17, 15) is 4.79 Å². The summed E-state index contributed by atoms with van der Waals surface area (Å²) < 4.78 is 5.47. The first-order valence-corrected chi connectivity index (χ1v) is 12.3. The molecule has 1 aliphatic heterocycles. The monoisotopic (exact) mass is 472 g/mol. The number of para-hydroxylation sites is 1. The molecule has 1 amide bonds. The van der Waals surface area contributed by atoms with Gasteiger partial charge in [0, 0.05) is 42.4 Å². The van der Waals surface area contributed by atoms with E-state index < -0.39 is 0 Å². The number of anilines is 5. The minimum Gasteiger partial charge on any atom is -0.378 e. The van der Waals surface area contributed by atoms with E-state index in [2.05, 4.69) is 38.0 Å². The summed E-state index contributed by atoms with van der Waals surface area (Å²) in [6, 6.07) is 14.5. The first-order valence-electron chi connectivity index (χ1n) is 12.3. The molecule has 0 unspecified atom stereocenters. The van der Waals surface area contributed by atoms with Gasteiger partial charge in [-0.15, -0.1) is 0 Å². The summed E-state index contributed by atoms with van der Waals surface area (Å²) in [5.74, 6) is 0.792. The van der Waals surface area contributed by atoms with Crippen LogP contribution in [0.15, 0.2) is 48.7 Å². The lowest BCUT2D eigenvalue weighted by Crippen LogP contribution is -2.36. The molecule has 1 saturated heterocycles. The molecule has 1 aliphatic carbocycles. The Bertz CT molecular complexity index is 1180. The number of rotatable bonds is 7. The van der Waals surface area contributed by atoms with Crippen LogP contribution in [-0.4, -0.2) is 48.2 Å². The highest BCUT2D eigenvalue weighted by atomic mass is 16.5. The molecule has 182 valence electrons. The maximum atomic E-state index is 13.2. The Morgan fingerprint density at radius 3 is 2.51 bits per heavy atom. The van der Waals surface area contributed by atoms with Crippen molar-refractivity contribution in [1.82, 2.24) is 9.97 Å². The van der Waals surface area contributed by atoms with Crippen LogP contribution >= 0.6 is 0 Å². The number of ether oxygens (including phenoxy) is 1. The van der Waals surface area contributed by atoms with Gasteiger partial charge in [0.05, 0.1) is 13.2 Å². The number of hydrogen-bond acceptors (Lipinski definition) is 7. The molecule has 0 spiro atoms. The van der Waals surface area contributed by atoms with Gasteiger partial charge < -0.3 is 25.6 Å². The summed E-state index contributed by atoms with van der Waals surface area (Å²) in [5, 5.41) is 9.84. The van der Waals surface area contributed by atoms with Crippen LogP contribution in [0.3, 0.4) is 0 Å². The van der Waals surface area contributed by atoms with Crippen LogP contribution in [0.2, 0.25) is 0 Å². The SMILES string of the molecule is Cc1cccc(C)c1NC(=O)c1cnc(Nc2cccc(N3CCOCC3)c2)nc1NC1CCC1. The molecule has 1 saturated carbocycles. The topological polar surface area (TPSA) is 91.4 Å². The molecule has 1 aromatic heterocycles. The van der Waals surface area contributed by atoms with Crippen molar-refractivity contribution in [2.45, 2.75) is 39.2 Å². The van der Waals surface area contributed by atoms with Crippen molar-refractivity contribution >= 4 is 34.7 Å². The van der Waals surface area contributed by atoms with Gasteiger partial charge in [0.25, 0.3) is 5.91 Å². The van der Waals surface area contributed by atoms with Crippen molar-refractivity contribution in [1.29, 1.82) is 0 Å². The molecule has 8 heteroatoms. The van der Waals surface area contributed by atoms with Gasteiger partial charge in [-0.3, -0.25) is 4.79 Å². The zero-order valence-corrected chi connectivity index (χ0v) is 20.3. The third-order valence-electron chi connectivity index (χ3n) is 6.68. The Morgan fingerprint density at radius 1 is 1.06 bits per heavy atom. The van der Waals surface area contributed by atoms with Gasteiger partial charge in [-0.1, -0.05) is 24.3 Å². The first-order chi connectivity index (χ1) is 17.1. The molecule has 2 aromatic carbocycles. The number of hydrogen-bond donors (Lipinski definition) is 3. The minimum atomic E-state index is -0.218. The van der Waals surface area contributed by atoms with Crippen LogP contribution in [0, 0.1) is 13.8 Å². The first kappa shape index (κ1) is 23.1. The molecule has 35 heavy (non-hydrogen) atoms. The number of benzene rings is 2. The fraction of sp³-hybridized carbons (Fsp3) is 0.370. The second kappa shape index (κ2) is 10.3. The summed E-state index contributed by atoms with van der Waals surface area (Å²) in [4.78, 5) is 24.7. The lowest BCUT2D eigenvalue weighted by Gasteiger charge is -2.29. The quantitative estimate of drug-likeness (QED) is 0.451. The fourth-order valence-corrected chi connectivity index (χ4v) is 4.39. The van der Waals surface area contributed by atoms with Crippen LogP contribution in [0.5, 0.6) is 0 Å². The molecule has 0 bridgehead atoms. The number of carbonyl (C=O) groups is 1. The Hall–Kier alpha value is -3.65. The standard InChI is InChI=1S/C27H32N6O2/c1-18-6-3-7-19(2)24(18)31-26(34)23-17-28-27(32-25(23)29-20-8-4-9-20)30-21-10-5-11-22(16-21)33-12-14-35-15-13-33/h3,5-7,10-11,16-17,20H,4,8-9,12-15H2,1-2H3,(H,31,34)(H2,28,29,30,32). The Kier molecular flexibility index (Phi) is 6.81. The van der Waals surface area contributed by atoms with Crippen molar-refractivity contribution in [2.24, 2.45) is 0 Å². The van der Waals surface area contributed by atoms with Crippen LogP contribution in [0.4, 0.5) is 28.8 Å². The van der Waals surface area contributed by atoms with E-state index in [0.717, 1.165) is 67.3 Å². The van der Waals surface area contributed by atoms with Crippen molar-refractivity contribution < 1.29 is 9.53 Å². The fourth-order valence-electron chi connectivity index (χ4n) is 4.39. The molecule has 3 aromatic rings. The molecule has 2 aliphatic rings. The van der Waals surface area contributed by atoms with Crippen molar-refractivity contribution in [3.63, 3.8) is 0 Å². The summed E-state index contributed by atoms with van der Waals surface area (Å²) in [7, 11) is 0. The molecule has 0 radical (unpaired) electrons. The predicted octanol–water partition coefficient (Wildman–Crippen LogP) is 4.89. The number of morpholine rings is 1. The number of amides is 1. The summed E-state index contributed by atoms with van der Waals surface area (Å²) in [5.41, 5.74) is 5.34. The maximum absolute atomic E-state index is 13.2. The second-order valence-electron chi connectivity index (χ2n) is 9.22. The number of carbonyl (C=O) groups excluding carboxylic acids is 1. The van der Waals surface area contributed by atoms with E-state index in [1.807, 2.05) is 44.2 Å². The molecule has 0 atom stereocenters. The predicted molar refractivity (Wildman–Crippen MR) is 140 cm³/mol. The zero-order chi connectivity index (χ0) is 24.2. The Labute approximate surface area is 206 Å². The zero-order valence-electron chi connectivity index (χ0n) is 20.3. The normalized spacial score (nSPS) is 15.9.